The van der Waals surface area contributed by atoms with Gasteiger partial charge in [0.25, 0.3) is 0 Å². The number of rotatable bonds is 2. The maximum atomic E-state index is 12.1. The molecule has 6 nitrogen and oxygen atoms in total. The molecule has 0 N–H and O–H groups in total. The monoisotopic (exact) mass is 260 g/mol. The van der Waals surface area contributed by atoms with Gasteiger partial charge in [0.15, 0.2) is 0 Å². The lowest BCUT2D eigenvalue weighted by Gasteiger charge is -2.40. The zero-order valence-electron chi connectivity index (χ0n) is 10.8. The van der Waals surface area contributed by atoms with E-state index < -0.39 is 0 Å². The summed E-state index contributed by atoms with van der Waals surface area (Å²) in [6.07, 6.45) is 6.05. The van der Waals surface area contributed by atoms with Crippen LogP contribution >= 0.6 is 0 Å². The maximum absolute atomic E-state index is 12.1. The summed E-state index contributed by atoms with van der Waals surface area (Å²) in [7, 11) is 0. The second-order valence-electron chi connectivity index (χ2n) is 4.84. The van der Waals surface area contributed by atoms with Crippen molar-refractivity contribution in [3.05, 3.63) is 24.5 Å². The Hall–Kier alpha value is -2.11. The molecule has 1 aromatic rings. The second-order valence-corrected chi connectivity index (χ2v) is 4.84. The SMILES string of the molecule is CC1CC=NN1C(=O)N1CC(Oc2cccnc2)C1. The Kier molecular flexibility index (Phi) is 3.06. The Morgan fingerprint density at radius 2 is 2.32 bits per heavy atom. The molecule has 0 aromatic carbocycles. The molecule has 2 aliphatic rings. The van der Waals surface area contributed by atoms with Crippen LogP contribution in [0.15, 0.2) is 29.6 Å². The molecule has 0 spiro atoms. The second kappa shape index (κ2) is 4.87. The minimum absolute atomic E-state index is 0.0349. The molecule has 3 rings (SSSR count). The summed E-state index contributed by atoms with van der Waals surface area (Å²) in [6, 6.07) is 3.82. The standard InChI is InChI=1S/C13H16N4O2/c1-10-4-6-15-17(10)13(18)16-8-12(9-16)19-11-3-2-5-14-7-11/h2-3,5-7,10,12H,4,8-9H2,1H3. The van der Waals surface area contributed by atoms with E-state index in [2.05, 4.69) is 10.1 Å². The molecule has 1 atom stereocenters. The van der Waals surface area contributed by atoms with E-state index in [1.54, 1.807) is 28.5 Å². The number of urea groups is 1. The van der Waals surface area contributed by atoms with Gasteiger partial charge in [-0.2, -0.15) is 5.10 Å². The highest BCUT2D eigenvalue weighted by Crippen LogP contribution is 2.20. The van der Waals surface area contributed by atoms with Gasteiger partial charge in [0.2, 0.25) is 0 Å². The molecule has 3 heterocycles. The first-order valence-electron chi connectivity index (χ1n) is 6.41. The molecule has 1 saturated heterocycles. The number of pyridine rings is 1. The summed E-state index contributed by atoms with van der Waals surface area (Å²) in [5.41, 5.74) is 0. The summed E-state index contributed by atoms with van der Waals surface area (Å²) in [5.74, 6) is 0.743. The molecule has 0 aliphatic carbocycles. The third-order valence-corrected chi connectivity index (χ3v) is 3.32. The van der Waals surface area contributed by atoms with Gasteiger partial charge < -0.3 is 9.64 Å². The van der Waals surface area contributed by atoms with Crippen molar-refractivity contribution in [3.8, 4) is 5.75 Å². The van der Waals surface area contributed by atoms with Crippen LogP contribution in [0.3, 0.4) is 0 Å². The Labute approximate surface area is 111 Å². The molecular formula is C13H16N4O2. The summed E-state index contributed by atoms with van der Waals surface area (Å²) in [5, 5.41) is 5.64. The number of nitrogens with zero attached hydrogens (tertiary/aromatic N) is 4. The number of amides is 2. The van der Waals surface area contributed by atoms with Gasteiger partial charge in [0.05, 0.1) is 25.3 Å². The predicted octanol–water partition coefficient (Wildman–Crippen LogP) is 1.34. The number of likely N-dealkylation sites (tertiary alicyclic amines) is 1. The number of hydrogen-bond donors (Lipinski definition) is 0. The van der Waals surface area contributed by atoms with Crippen LogP contribution in [0, 0.1) is 0 Å². The number of aromatic nitrogens is 1. The number of carbonyl (C=O) groups is 1. The van der Waals surface area contributed by atoms with Crippen LogP contribution in [0.2, 0.25) is 0 Å². The molecule has 19 heavy (non-hydrogen) atoms. The first-order chi connectivity index (χ1) is 9.24. The molecule has 0 radical (unpaired) electrons. The van der Waals surface area contributed by atoms with Crippen LogP contribution in [-0.2, 0) is 0 Å². The van der Waals surface area contributed by atoms with Crippen LogP contribution in [0.4, 0.5) is 4.79 Å². The fourth-order valence-electron chi connectivity index (χ4n) is 2.16. The van der Waals surface area contributed by atoms with E-state index in [9.17, 15) is 4.79 Å². The molecule has 0 saturated carbocycles. The van der Waals surface area contributed by atoms with Crippen LogP contribution < -0.4 is 4.74 Å². The largest absolute Gasteiger partial charge is 0.485 e. The van der Waals surface area contributed by atoms with E-state index in [1.165, 1.54) is 0 Å². The van der Waals surface area contributed by atoms with Crippen molar-refractivity contribution in [2.45, 2.75) is 25.5 Å². The molecule has 6 heteroatoms. The fraction of sp³-hybridized carbons (Fsp3) is 0.462. The number of ether oxygens (including phenoxy) is 1. The van der Waals surface area contributed by atoms with Crippen LogP contribution in [-0.4, -0.2) is 52.4 Å². The number of carbonyl (C=O) groups excluding carboxylic acids is 1. The summed E-state index contributed by atoms with van der Waals surface area (Å²) >= 11 is 0. The first kappa shape index (κ1) is 12.0. The summed E-state index contributed by atoms with van der Waals surface area (Å²) in [4.78, 5) is 17.8. The normalized spacial score (nSPS) is 22.5. The fourth-order valence-corrected chi connectivity index (χ4v) is 2.16. The molecule has 0 bridgehead atoms. The number of hydrogen-bond acceptors (Lipinski definition) is 4. The Balaban J connectivity index is 1.50. The van der Waals surface area contributed by atoms with Crippen molar-refractivity contribution >= 4 is 12.2 Å². The van der Waals surface area contributed by atoms with E-state index >= 15 is 0 Å². The van der Waals surface area contributed by atoms with Crippen molar-refractivity contribution in [2.75, 3.05) is 13.1 Å². The minimum Gasteiger partial charge on any atom is -0.485 e. The Bertz CT molecular complexity index is 485. The quantitative estimate of drug-likeness (QED) is 0.806. The van der Waals surface area contributed by atoms with Crippen molar-refractivity contribution in [1.29, 1.82) is 0 Å². The van der Waals surface area contributed by atoms with Gasteiger partial charge >= 0.3 is 6.03 Å². The van der Waals surface area contributed by atoms with Gasteiger partial charge in [-0.3, -0.25) is 4.98 Å². The average Bonchev–Trinajstić information content (AvgIpc) is 2.80. The first-order valence-corrected chi connectivity index (χ1v) is 6.41. The van der Waals surface area contributed by atoms with Gasteiger partial charge in [-0.25, -0.2) is 9.80 Å². The Morgan fingerprint density at radius 3 is 2.95 bits per heavy atom. The van der Waals surface area contributed by atoms with Crippen molar-refractivity contribution < 1.29 is 9.53 Å². The van der Waals surface area contributed by atoms with Crippen LogP contribution in [0.25, 0.3) is 0 Å². The molecule has 100 valence electrons. The van der Waals surface area contributed by atoms with Crippen molar-refractivity contribution in [2.24, 2.45) is 5.10 Å². The predicted molar refractivity (Wildman–Crippen MR) is 70.0 cm³/mol. The third-order valence-electron chi connectivity index (χ3n) is 3.32. The van der Waals surface area contributed by atoms with E-state index in [4.69, 9.17) is 4.74 Å². The molecule has 2 aliphatic heterocycles. The van der Waals surface area contributed by atoms with Crippen molar-refractivity contribution in [3.63, 3.8) is 0 Å². The molecule has 1 aromatic heterocycles. The lowest BCUT2D eigenvalue weighted by molar-refractivity contribution is 0.0285. The summed E-state index contributed by atoms with van der Waals surface area (Å²) in [6.45, 7) is 3.20. The van der Waals surface area contributed by atoms with Gasteiger partial charge in [-0.05, 0) is 19.1 Å². The summed E-state index contributed by atoms with van der Waals surface area (Å²) < 4.78 is 5.71. The van der Waals surface area contributed by atoms with Crippen LogP contribution in [0.1, 0.15) is 13.3 Å². The lowest BCUT2D eigenvalue weighted by Crippen LogP contribution is -2.59. The smallest absolute Gasteiger partial charge is 0.340 e. The van der Waals surface area contributed by atoms with E-state index in [1.807, 2.05) is 19.1 Å². The number of hydrazone groups is 1. The Morgan fingerprint density at radius 1 is 1.47 bits per heavy atom. The molecule has 1 fully saturated rings. The zero-order valence-corrected chi connectivity index (χ0v) is 10.8. The minimum atomic E-state index is -0.0349. The van der Waals surface area contributed by atoms with Gasteiger partial charge in [0.1, 0.15) is 11.9 Å². The highest BCUT2D eigenvalue weighted by molar-refractivity contribution is 5.78. The van der Waals surface area contributed by atoms with Gasteiger partial charge in [-0.15, -0.1) is 0 Å². The zero-order chi connectivity index (χ0) is 13.2. The van der Waals surface area contributed by atoms with E-state index in [0.29, 0.717) is 13.1 Å². The van der Waals surface area contributed by atoms with Gasteiger partial charge in [-0.1, -0.05) is 0 Å². The molecular weight excluding hydrogens is 244 g/mol. The highest BCUT2D eigenvalue weighted by Gasteiger charge is 2.37. The van der Waals surface area contributed by atoms with E-state index in [-0.39, 0.29) is 18.2 Å². The lowest BCUT2D eigenvalue weighted by atomic mass is 10.2. The highest BCUT2D eigenvalue weighted by atomic mass is 16.5. The van der Waals surface area contributed by atoms with Crippen molar-refractivity contribution in [1.82, 2.24) is 14.9 Å². The van der Waals surface area contributed by atoms with Gasteiger partial charge in [0, 0.05) is 18.8 Å². The maximum Gasteiger partial charge on any atom is 0.340 e. The average molecular weight is 260 g/mol. The molecule has 2 amide bonds. The topological polar surface area (TPSA) is 58.0 Å². The van der Waals surface area contributed by atoms with Crippen LogP contribution in [0.5, 0.6) is 5.75 Å². The third kappa shape index (κ3) is 2.38. The van der Waals surface area contributed by atoms with E-state index in [0.717, 1.165) is 12.2 Å². The molecule has 1 unspecified atom stereocenters.